The first-order valence-electron chi connectivity index (χ1n) is 13.5. The molecule has 2 heterocycles. The van der Waals surface area contributed by atoms with Gasteiger partial charge in [0.1, 0.15) is 5.82 Å². The Balaban J connectivity index is 0.00000114. The van der Waals surface area contributed by atoms with Crippen molar-refractivity contribution in [3.8, 4) is 0 Å². The van der Waals surface area contributed by atoms with E-state index in [2.05, 4.69) is 32.3 Å². The first kappa shape index (κ1) is 32.3. The lowest BCUT2D eigenvalue weighted by atomic mass is 9.84. The first-order chi connectivity index (χ1) is 20.2. The van der Waals surface area contributed by atoms with E-state index in [9.17, 15) is 13.6 Å². The first-order valence-corrected chi connectivity index (χ1v) is 13.9. The number of allylic oxidation sites excluding steroid dienone is 3. The van der Waals surface area contributed by atoms with Crippen molar-refractivity contribution in [2.75, 3.05) is 24.8 Å². The highest BCUT2D eigenvalue weighted by Crippen LogP contribution is 2.35. The van der Waals surface area contributed by atoms with Crippen molar-refractivity contribution in [1.82, 2.24) is 5.32 Å². The van der Waals surface area contributed by atoms with Crippen LogP contribution in [-0.2, 0) is 14.3 Å². The standard InChI is InChI=1S/C30H31ClF2N4O.C2H4O2/c1-4-35-26-15-18(2)21(7-5-6-8-28(38)37-27-16-20(34-3)10-11-22(26)27)25-14-9-19(17-36-25)29-24(32)13-12-23(31)30(29)33;1-4-2-3/h4,9-17,21,25,34,36H,2,5-8H2,1,3H3,(H,37,38);2H,1H3/b26-15-,35-4?;. The van der Waals surface area contributed by atoms with E-state index in [4.69, 9.17) is 16.4 Å². The van der Waals surface area contributed by atoms with E-state index in [1.807, 2.05) is 44.3 Å². The summed E-state index contributed by atoms with van der Waals surface area (Å²) in [5, 5.41) is 9.31. The van der Waals surface area contributed by atoms with Crippen LogP contribution in [-0.4, -0.2) is 38.8 Å². The molecule has 0 saturated carbocycles. The molecular formula is C32H35ClF2N4O3. The van der Waals surface area contributed by atoms with E-state index in [0.29, 0.717) is 29.9 Å². The van der Waals surface area contributed by atoms with Gasteiger partial charge in [-0.25, -0.2) is 8.78 Å². The molecule has 0 radical (unpaired) electrons. The minimum atomic E-state index is -0.790. The Morgan fingerprint density at radius 3 is 2.62 bits per heavy atom. The minimum Gasteiger partial charge on any atom is -0.471 e. The molecule has 3 N–H and O–H groups in total. The smallest absolute Gasteiger partial charge is 0.292 e. The predicted octanol–water partition coefficient (Wildman–Crippen LogP) is 7.13. The summed E-state index contributed by atoms with van der Waals surface area (Å²) in [4.78, 5) is 26.3. The Labute approximate surface area is 250 Å². The van der Waals surface area contributed by atoms with E-state index < -0.39 is 11.6 Å². The number of halogens is 3. The third-order valence-corrected chi connectivity index (χ3v) is 7.16. The molecule has 10 heteroatoms. The van der Waals surface area contributed by atoms with Crippen LogP contribution in [0.25, 0.3) is 11.3 Å². The highest BCUT2D eigenvalue weighted by molar-refractivity contribution is 6.31. The van der Waals surface area contributed by atoms with Crippen molar-refractivity contribution in [2.24, 2.45) is 10.9 Å². The van der Waals surface area contributed by atoms with Crippen molar-refractivity contribution in [1.29, 1.82) is 0 Å². The van der Waals surface area contributed by atoms with Crippen LogP contribution in [0.4, 0.5) is 20.2 Å². The summed E-state index contributed by atoms with van der Waals surface area (Å²) in [6, 6.07) is 7.95. The second kappa shape index (κ2) is 15.7. The van der Waals surface area contributed by atoms with Gasteiger partial charge >= 0.3 is 0 Å². The highest BCUT2D eigenvalue weighted by Gasteiger charge is 2.25. The molecule has 42 heavy (non-hydrogen) atoms. The minimum absolute atomic E-state index is 0.0392. The summed E-state index contributed by atoms with van der Waals surface area (Å²) >= 11 is 5.89. The van der Waals surface area contributed by atoms with Gasteiger partial charge in [-0.15, -0.1) is 0 Å². The fraction of sp³-hybridized carbons (Fsp3) is 0.281. The number of carbonyl (C=O) groups is 2. The second-order valence-electron chi connectivity index (χ2n) is 9.60. The molecule has 2 aromatic rings. The third kappa shape index (κ3) is 8.16. The van der Waals surface area contributed by atoms with E-state index >= 15 is 0 Å². The maximum Gasteiger partial charge on any atom is 0.292 e. The fourth-order valence-electron chi connectivity index (χ4n) is 4.79. The molecule has 1 amide bonds. The van der Waals surface area contributed by atoms with Crippen LogP contribution in [0.1, 0.15) is 43.7 Å². The van der Waals surface area contributed by atoms with Crippen molar-refractivity contribution in [3.63, 3.8) is 0 Å². The van der Waals surface area contributed by atoms with Gasteiger partial charge in [-0.1, -0.05) is 36.8 Å². The van der Waals surface area contributed by atoms with Crippen LogP contribution in [0.15, 0.2) is 71.9 Å². The molecule has 0 aromatic heterocycles. The molecule has 7 nitrogen and oxygen atoms in total. The van der Waals surface area contributed by atoms with Crippen LogP contribution in [0.3, 0.4) is 0 Å². The zero-order valence-electron chi connectivity index (χ0n) is 23.8. The Bertz CT molecular complexity index is 1440. The van der Waals surface area contributed by atoms with Gasteiger partial charge in [-0.3, -0.25) is 14.6 Å². The van der Waals surface area contributed by atoms with Gasteiger partial charge in [0.15, 0.2) is 5.82 Å². The van der Waals surface area contributed by atoms with Crippen LogP contribution in [0.2, 0.25) is 5.02 Å². The van der Waals surface area contributed by atoms with Gasteiger partial charge in [0.2, 0.25) is 5.91 Å². The summed E-state index contributed by atoms with van der Waals surface area (Å²) in [6.45, 7) is 6.60. The van der Waals surface area contributed by atoms with Gasteiger partial charge in [-0.2, -0.15) is 0 Å². The fourth-order valence-corrected chi connectivity index (χ4v) is 4.94. The summed E-state index contributed by atoms with van der Waals surface area (Å²) < 4.78 is 32.9. The number of rotatable bonds is 5. The van der Waals surface area contributed by atoms with E-state index in [1.165, 1.54) is 13.2 Å². The molecule has 0 spiro atoms. The lowest BCUT2D eigenvalue weighted by Crippen LogP contribution is -2.34. The van der Waals surface area contributed by atoms with Gasteiger partial charge in [-0.05, 0) is 61.7 Å². The molecule has 2 aromatic carbocycles. The molecule has 2 aliphatic rings. The summed E-state index contributed by atoms with van der Waals surface area (Å²) in [6.07, 6.45) is 11.6. The summed E-state index contributed by atoms with van der Waals surface area (Å²) in [5.74, 6) is -1.56. The SMILES string of the molecule is C=C1/C=C(\N=CC)c2ccc(NC)cc2NC(=O)CCCCC1C1C=CC(c2c(F)ccc(Cl)c2F)=CN1.COC=O. The van der Waals surface area contributed by atoms with Crippen molar-refractivity contribution < 1.29 is 23.1 Å². The molecular weight excluding hydrogens is 562 g/mol. The van der Waals surface area contributed by atoms with Gasteiger partial charge in [0.05, 0.1) is 35.1 Å². The van der Waals surface area contributed by atoms with E-state index in [1.54, 1.807) is 18.5 Å². The largest absolute Gasteiger partial charge is 0.471 e. The number of nitrogens with one attached hydrogen (secondary N) is 3. The Morgan fingerprint density at radius 2 is 1.98 bits per heavy atom. The van der Waals surface area contributed by atoms with Gasteiger partial charge < -0.3 is 20.7 Å². The van der Waals surface area contributed by atoms with E-state index in [0.717, 1.165) is 42.2 Å². The number of amides is 1. The van der Waals surface area contributed by atoms with Crippen LogP contribution < -0.4 is 16.0 Å². The maximum atomic E-state index is 14.6. The number of nitrogens with zero attached hydrogens (tertiary/aromatic N) is 1. The zero-order valence-corrected chi connectivity index (χ0v) is 24.6. The summed E-state index contributed by atoms with van der Waals surface area (Å²) in [5.41, 5.74) is 4.09. The van der Waals surface area contributed by atoms with Crippen LogP contribution >= 0.6 is 11.6 Å². The number of hydrogen-bond donors (Lipinski definition) is 3. The Morgan fingerprint density at radius 1 is 1.21 bits per heavy atom. The number of dihydropyridines is 1. The zero-order chi connectivity index (χ0) is 30.6. The number of methoxy groups -OCH3 is 1. The average Bonchev–Trinajstić information content (AvgIpc) is 2.99. The Kier molecular flexibility index (Phi) is 12.0. The third-order valence-electron chi connectivity index (χ3n) is 6.87. The van der Waals surface area contributed by atoms with Crippen LogP contribution in [0.5, 0.6) is 0 Å². The molecule has 0 fully saturated rings. The quantitative estimate of drug-likeness (QED) is 0.194. The topological polar surface area (TPSA) is 91.8 Å². The second-order valence-corrected chi connectivity index (χ2v) is 10.0. The molecule has 222 valence electrons. The van der Waals surface area contributed by atoms with E-state index in [-0.39, 0.29) is 28.5 Å². The molecule has 4 rings (SSSR count). The van der Waals surface area contributed by atoms with Crippen molar-refractivity contribution >= 4 is 52.8 Å². The normalized spacial score (nSPS) is 20.2. The number of hydrogen-bond acceptors (Lipinski definition) is 6. The number of carbonyl (C=O) groups excluding carboxylic acids is 2. The molecule has 0 bridgehead atoms. The highest BCUT2D eigenvalue weighted by atomic mass is 35.5. The molecule has 0 saturated heterocycles. The maximum absolute atomic E-state index is 14.6. The van der Waals surface area contributed by atoms with Gasteiger partial charge in [0, 0.05) is 48.6 Å². The van der Waals surface area contributed by atoms with Crippen molar-refractivity contribution in [2.45, 2.75) is 38.6 Å². The van der Waals surface area contributed by atoms with Crippen LogP contribution in [0, 0.1) is 17.6 Å². The molecule has 2 aliphatic heterocycles. The summed E-state index contributed by atoms with van der Waals surface area (Å²) in [7, 11) is 3.14. The number of benzene rings is 2. The monoisotopic (exact) mass is 596 g/mol. The number of aliphatic imine (C=N–C) groups is 1. The molecule has 2 atom stereocenters. The predicted molar refractivity (Wildman–Crippen MR) is 166 cm³/mol. The lowest BCUT2D eigenvalue weighted by Gasteiger charge is -2.29. The molecule has 2 unspecified atom stereocenters. The average molecular weight is 597 g/mol. The molecule has 0 aliphatic carbocycles. The number of anilines is 2. The number of ether oxygens (including phenoxy) is 1. The lowest BCUT2D eigenvalue weighted by molar-refractivity contribution is -0.126. The van der Waals surface area contributed by atoms with Crippen molar-refractivity contribution in [3.05, 3.63) is 94.7 Å². The Hall–Kier alpha value is -4.24. The number of fused-ring (bicyclic) bond motifs is 1. The van der Waals surface area contributed by atoms with Gasteiger partial charge in [0.25, 0.3) is 6.47 Å².